The number of methoxy groups -OCH3 is 1. The van der Waals surface area contributed by atoms with E-state index < -0.39 is 27.5 Å². The lowest BCUT2D eigenvalue weighted by Crippen LogP contribution is -2.42. The number of piperidine rings is 1. The molecule has 178 valence electrons. The smallest absolute Gasteiger partial charge is 0.239 e. The Morgan fingerprint density at radius 2 is 2.09 bits per heavy atom. The molecule has 1 aromatic carbocycles. The largest absolute Gasteiger partial charge is 0.496 e. The zero-order valence-corrected chi connectivity index (χ0v) is 19.6. The first-order valence-electron chi connectivity index (χ1n) is 10.7. The van der Waals surface area contributed by atoms with Crippen LogP contribution < -0.4 is 9.46 Å². The minimum Gasteiger partial charge on any atom is -0.496 e. The number of benzene rings is 1. The summed E-state index contributed by atoms with van der Waals surface area (Å²) in [6.45, 7) is 0.860. The lowest BCUT2D eigenvalue weighted by Gasteiger charge is -2.31. The van der Waals surface area contributed by atoms with Crippen LogP contribution in [-0.2, 0) is 14.8 Å². The second-order valence-electron chi connectivity index (χ2n) is 8.11. The molecule has 0 radical (unpaired) electrons. The molecule has 0 bridgehead atoms. The zero-order valence-electron chi connectivity index (χ0n) is 18.8. The fourth-order valence-electron chi connectivity index (χ4n) is 4.33. The Kier molecular flexibility index (Phi) is 6.54. The Balaban J connectivity index is 1.64. The molecular formula is C23H24FN5O4S. The van der Waals surface area contributed by atoms with Gasteiger partial charge in [0.1, 0.15) is 29.0 Å². The topological polar surface area (TPSA) is 128 Å². The molecule has 3 aromatic rings. The quantitative estimate of drug-likeness (QED) is 0.552. The van der Waals surface area contributed by atoms with E-state index >= 15 is 0 Å². The van der Waals surface area contributed by atoms with Crippen LogP contribution in [0.2, 0.25) is 0 Å². The summed E-state index contributed by atoms with van der Waals surface area (Å²) in [5.74, 6) is -0.910. The van der Waals surface area contributed by atoms with Crippen LogP contribution in [0.3, 0.4) is 0 Å². The summed E-state index contributed by atoms with van der Waals surface area (Å²) in [6, 6.07) is 8.20. The summed E-state index contributed by atoms with van der Waals surface area (Å²) < 4.78 is 45.0. The third-order valence-corrected chi connectivity index (χ3v) is 7.39. The molecule has 1 fully saturated rings. The fraction of sp³-hybridized carbons (Fsp3) is 0.348. The standard InChI is InChI=1S/C23H24FN5O4S/c1-26-34(31,32)13-21(30)29-7-5-14(6-8-29)19-10-18-22(15(11-25)12-27-23(18)28-19)17-9-16(24)3-4-20(17)33-2/h3-4,9-10,12,14,26H,5-8,13H2,1-2H3,(H,27,28). The van der Waals surface area contributed by atoms with Crippen molar-refractivity contribution >= 4 is 27.0 Å². The lowest BCUT2D eigenvalue weighted by atomic mass is 9.92. The van der Waals surface area contributed by atoms with Crippen molar-refractivity contribution in [2.75, 3.05) is 33.0 Å². The molecule has 2 aromatic heterocycles. The van der Waals surface area contributed by atoms with Crippen LogP contribution in [0.4, 0.5) is 4.39 Å². The summed E-state index contributed by atoms with van der Waals surface area (Å²) >= 11 is 0. The Hall–Kier alpha value is -3.49. The Morgan fingerprint density at radius 3 is 2.74 bits per heavy atom. The molecule has 0 aliphatic carbocycles. The van der Waals surface area contributed by atoms with Gasteiger partial charge in [0.15, 0.2) is 0 Å². The summed E-state index contributed by atoms with van der Waals surface area (Å²) in [6.07, 6.45) is 2.73. The minimum absolute atomic E-state index is 0.0898. The molecule has 34 heavy (non-hydrogen) atoms. The highest BCUT2D eigenvalue weighted by Crippen LogP contribution is 2.39. The number of fused-ring (bicyclic) bond motifs is 1. The normalized spacial score (nSPS) is 14.8. The summed E-state index contributed by atoms with van der Waals surface area (Å²) in [7, 11) is -0.848. The molecule has 0 unspecified atom stereocenters. The van der Waals surface area contributed by atoms with Crippen molar-refractivity contribution in [3.05, 3.63) is 47.5 Å². The van der Waals surface area contributed by atoms with Gasteiger partial charge in [0.05, 0.1) is 12.7 Å². The minimum atomic E-state index is -3.62. The number of nitrogens with zero attached hydrogens (tertiary/aromatic N) is 3. The number of hydrogen-bond acceptors (Lipinski definition) is 6. The van der Waals surface area contributed by atoms with Crippen LogP contribution in [0.1, 0.15) is 30.0 Å². The second kappa shape index (κ2) is 9.40. The van der Waals surface area contributed by atoms with Gasteiger partial charge in [-0.3, -0.25) is 4.79 Å². The van der Waals surface area contributed by atoms with Crippen LogP contribution >= 0.6 is 0 Å². The number of amides is 1. The molecule has 4 rings (SSSR count). The van der Waals surface area contributed by atoms with E-state index in [9.17, 15) is 22.9 Å². The molecule has 1 aliphatic heterocycles. The zero-order chi connectivity index (χ0) is 24.5. The van der Waals surface area contributed by atoms with Gasteiger partial charge in [-0.1, -0.05) is 0 Å². The average Bonchev–Trinajstić information content (AvgIpc) is 3.27. The number of sulfonamides is 1. The van der Waals surface area contributed by atoms with Crippen molar-refractivity contribution in [3.63, 3.8) is 0 Å². The number of pyridine rings is 1. The highest BCUT2D eigenvalue weighted by molar-refractivity contribution is 7.90. The molecule has 11 heteroatoms. The third-order valence-electron chi connectivity index (χ3n) is 6.14. The third kappa shape index (κ3) is 4.60. The number of hydrogen-bond donors (Lipinski definition) is 2. The van der Waals surface area contributed by atoms with E-state index in [2.05, 4.69) is 20.8 Å². The number of nitriles is 1. The van der Waals surface area contributed by atoms with E-state index in [0.717, 1.165) is 5.69 Å². The van der Waals surface area contributed by atoms with Crippen LogP contribution in [0, 0.1) is 17.1 Å². The van der Waals surface area contributed by atoms with Crippen molar-refractivity contribution < 1.29 is 22.3 Å². The van der Waals surface area contributed by atoms with Crippen molar-refractivity contribution in [1.82, 2.24) is 19.6 Å². The maximum absolute atomic E-state index is 14.1. The molecule has 9 nitrogen and oxygen atoms in total. The SMILES string of the molecule is CNS(=O)(=O)CC(=O)N1CCC(c2cc3c(-c4cc(F)ccc4OC)c(C#N)cnc3[nH]2)CC1. The number of aromatic amines is 1. The number of likely N-dealkylation sites (tertiary alicyclic amines) is 1. The van der Waals surface area contributed by atoms with Gasteiger partial charge in [-0.2, -0.15) is 5.26 Å². The number of ether oxygens (including phenoxy) is 1. The number of aromatic nitrogens is 2. The van der Waals surface area contributed by atoms with Gasteiger partial charge in [-0.25, -0.2) is 22.5 Å². The molecular weight excluding hydrogens is 461 g/mol. The van der Waals surface area contributed by atoms with Crippen LogP contribution in [0.15, 0.2) is 30.5 Å². The summed E-state index contributed by atoms with van der Waals surface area (Å²) in [5, 5.41) is 10.4. The Morgan fingerprint density at radius 1 is 1.35 bits per heavy atom. The van der Waals surface area contributed by atoms with E-state index in [1.165, 1.54) is 38.6 Å². The van der Waals surface area contributed by atoms with Crippen molar-refractivity contribution in [1.29, 1.82) is 5.26 Å². The number of halogens is 1. The summed E-state index contributed by atoms with van der Waals surface area (Å²) in [4.78, 5) is 21.6. The van der Waals surface area contributed by atoms with Gasteiger partial charge < -0.3 is 14.6 Å². The van der Waals surface area contributed by atoms with Gasteiger partial charge in [-0.15, -0.1) is 0 Å². The number of carbonyl (C=O) groups excluding carboxylic acids is 1. The molecule has 0 spiro atoms. The monoisotopic (exact) mass is 485 g/mol. The summed E-state index contributed by atoms with van der Waals surface area (Å²) in [5.41, 5.74) is 2.76. The highest BCUT2D eigenvalue weighted by Gasteiger charge is 2.28. The average molecular weight is 486 g/mol. The lowest BCUT2D eigenvalue weighted by molar-refractivity contribution is -0.129. The number of carbonyl (C=O) groups is 1. The first kappa shape index (κ1) is 23.7. The molecule has 0 atom stereocenters. The molecule has 2 N–H and O–H groups in total. The second-order valence-corrected chi connectivity index (χ2v) is 10.0. The van der Waals surface area contributed by atoms with Crippen molar-refractivity contribution in [2.24, 2.45) is 0 Å². The van der Waals surface area contributed by atoms with Gasteiger partial charge in [-0.05, 0) is 44.2 Å². The Bertz CT molecular complexity index is 1390. The molecule has 1 saturated heterocycles. The predicted octanol–water partition coefficient (Wildman–Crippen LogP) is 2.50. The van der Waals surface area contributed by atoms with Gasteiger partial charge in [0.25, 0.3) is 0 Å². The molecule has 1 amide bonds. The van der Waals surface area contributed by atoms with Crippen molar-refractivity contribution in [2.45, 2.75) is 18.8 Å². The first-order chi connectivity index (χ1) is 16.3. The highest BCUT2D eigenvalue weighted by atomic mass is 32.2. The molecule has 0 saturated carbocycles. The van der Waals surface area contributed by atoms with E-state index in [0.29, 0.717) is 59.4 Å². The predicted molar refractivity (Wildman–Crippen MR) is 124 cm³/mol. The van der Waals surface area contributed by atoms with E-state index in [1.54, 1.807) is 4.90 Å². The van der Waals surface area contributed by atoms with E-state index in [4.69, 9.17) is 4.74 Å². The maximum atomic E-state index is 14.1. The van der Waals surface area contributed by atoms with Crippen LogP contribution in [-0.4, -0.2) is 62.2 Å². The van der Waals surface area contributed by atoms with Gasteiger partial charge >= 0.3 is 0 Å². The first-order valence-corrected chi connectivity index (χ1v) is 12.4. The maximum Gasteiger partial charge on any atom is 0.239 e. The van der Waals surface area contributed by atoms with E-state index in [-0.39, 0.29) is 5.92 Å². The van der Waals surface area contributed by atoms with Crippen LogP contribution in [0.25, 0.3) is 22.2 Å². The molecule has 3 heterocycles. The fourth-order valence-corrected chi connectivity index (χ4v) is 4.98. The van der Waals surface area contributed by atoms with E-state index in [1.807, 2.05) is 6.07 Å². The number of rotatable bonds is 6. The van der Waals surface area contributed by atoms with Crippen molar-refractivity contribution in [3.8, 4) is 22.9 Å². The van der Waals surface area contributed by atoms with Gasteiger partial charge in [0.2, 0.25) is 15.9 Å². The number of H-pyrrole nitrogens is 1. The Labute approximate surface area is 196 Å². The number of nitrogens with one attached hydrogen (secondary N) is 2. The van der Waals surface area contributed by atoms with Gasteiger partial charge in [0, 0.05) is 47.4 Å². The van der Waals surface area contributed by atoms with Crippen LogP contribution in [0.5, 0.6) is 5.75 Å². The molecule has 1 aliphatic rings.